The lowest BCUT2D eigenvalue weighted by atomic mass is 10.1. The van der Waals surface area contributed by atoms with Gasteiger partial charge in [-0.1, -0.05) is 23.7 Å². The lowest BCUT2D eigenvalue weighted by Gasteiger charge is -2.06. The number of methoxy groups -OCH3 is 1. The van der Waals surface area contributed by atoms with Crippen LogP contribution in [0.15, 0.2) is 48.5 Å². The fourth-order valence-corrected chi connectivity index (χ4v) is 2.53. The third-order valence-corrected chi connectivity index (χ3v) is 3.55. The summed E-state index contributed by atoms with van der Waals surface area (Å²) in [5.41, 5.74) is 3.71. The highest BCUT2D eigenvalue weighted by Gasteiger charge is 2.06. The molecule has 0 aliphatic carbocycles. The van der Waals surface area contributed by atoms with Gasteiger partial charge in [0.15, 0.2) is 0 Å². The van der Waals surface area contributed by atoms with E-state index < -0.39 is 0 Å². The van der Waals surface area contributed by atoms with Crippen molar-refractivity contribution in [1.29, 1.82) is 0 Å². The number of amides is 1. The maximum atomic E-state index is 11.6. The van der Waals surface area contributed by atoms with E-state index >= 15 is 0 Å². The van der Waals surface area contributed by atoms with Gasteiger partial charge in [0.1, 0.15) is 6.61 Å². The molecule has 3 aromatic rings. The van der Waals surface area contributed by atoms with Crippen LogP contribution in [0.25, 0.3) is 22.2 Å². The first-order chi connectivity index (χ1) is 10.7. The molecule has 0 saturated carbocycles. The van der Waals surface area contributed by atoms with Gasteiger partial charge in [0.25, 0.3) is 0 Å². The summed E-state index contributed by atoms with van der Waals surface area (Å²) in [6.07, 6.45) is 0. The van der Waals surface area contributed by atoms with Crippen LogP contribution in [0.4, 0.5) is 5.69 Å². The number of fused-ring (bicyclic) bond motifs is 1. The molecule has 1 heterocycles. The second kappa shape index (κ2) is 6.22. The topological polar surface area (TPSA) is 54.1 Å². The Kier molecular flexibility index (Phi) is 4.13. The molecule has 1 aromatic heterocycles. The van der Waals surface area contributed by atoms with Gasteiger partial charge in [0.2, 0.25) is 5.91 Å². The van der Waals surface area contributed by atoms with Crippen LogP contribution >= 0.6 is 11.6 Å². The molecule has 2 N–H and O–H groups in total. The molecule has 0 radical (unpaired) electrons. The van der Waals surface area contributed by atoms with Gasteiger partial charge in [-0.05, 0) is 36.4 Å². The Bertz CT molecular complexity index is 826. The van der Waals surface area contributed by atoms with E-state index in [9.17, 15) is 4.79 Å². The molecule has 4 nitrogen and oxygen atoms in total. The number of H-pyrrole nitrogens is 1. The summed E-state index contributed by atoms with van der Waals surface area (Å²) >= 11 is 6.01. The normalized spacial score (nSPS) is 10.8. The van der Waals surface area contributed by atoms with Gasteiger partial charge < -0.3 is 15.0 Å². The van der Waals surface area contributed by atoms with Crippen LogP contribution in [-0.2, 0) is 9.53 Å². The van der Waals surface area contributed by atoms with Crippen molar-refractivity contribution in [2.75, 3.05) is 19.0 Å². The lowest BCUT2D eigenvalue weighted by molar-refractivity contribution is -0.119. The second-order valence-electron chi connectivity index (χ2n) is 4.98. The van der Waals surface area contributed by atoms with Crippen molar-refractivity contribution >= 4 is 34.1 Å². The van der Waals surface area contributed by atoms with Crippen LogP contribution in [0.2, 0.25) is 5.02 Å². The molecule has 3 rings (SSSR count). The van der Waals surface area contributed by atoms with Crippen LogP contribution in [0, 0.1) is 0 Å². The molecule has 2 aromatic carbocycles. The molecule has 0 saturated heterocycles. The number of rotatable bonds is 4. The molecule has 0 spiro atoms. The van der Waals surface area contributed by atoms with E-state index in [0.29, 0.717) is 5.02 Å². The van der Waals surface area contributed by atoms with Crippen molar-refractivity contribution in [3.8, 4) is 11.3 Å². The fraction of sp³-hybridized carbons (Fsp3) is 0.118. The maximum Gasteiger partial charge on any atom is 0.250 e. The molecular formula is C17H15ClN2O2. The number of anilines is 1. The van der Waals surface area contributed by atoms with Gasteiger partial charge in [-0.2, -0.15) is 0 Å². The van der Waals surface area contributed by atoms with Crippen molar-refractivity contribution in [2.24, 2.45) is 0 Å². The van der Waals surface area contributed by atoms with E-state index in [2.05, 4.69) is 10.3 Å². The van der Waals surface area contributed by atoms with Gasteiger partial charge >= 0.3 is 0 Å². The number of ether oxygens (including phenoxy) is 1. The van der Waals surface area contributed by atoms with E-state index in [0.717, 1.165) is 27.8 Å². The molecule has 112 valence electrons. The van der Waals surface area contributed by atoms with E-state index in [-0.39, 0.29) is 12.5 Å². The summed E-state index contributed by atoms with van der Waals surface area (Å²) in [5.74, 6) is -0.178. The number of halogens is 1. The summed E-state index contributed by atoms with van der Waals surface area (Å²) in [6.45, 7) is 0.0368. The first-order valence-electron chi connectivity index (χ1n) is 6.83. The zero-order valence-electron chi connectivity index (χ0n) is 12.0. The van der Waals surface area contributed by atoms with Crippen LogP contribution in [0.5, 0.6) is 0 Å². The first-order valence-corrected chi connectivity index (χ1v) is 7.21. The minimum absolute atomic E-state index is 0.0368. The van der Waals surface area contributed by atoms with E-state index in [1.54, 1.807) is 0 Å². The predicted molar refractivity (Wildman–Crippen MR) is 89.3 cm³/mol. The molecular weight excluding hydrogens is 300 g/mol. The third-order valence-electron chi connectivity index (χ3n) is 3.32. The van der Waals surface area contributed by atoms with E-state index in [1.807, 2.05) is 48.5 Å². The van der Waals surface area contributed by atoms with Crippen LogP contribution in [0.1, 0.15) is 0 Å². The maximum absolute atomic E-state index is 11.6. The first kappa shape index (κ1) is 14.6. The second-order valence-corrected chi connectivity index (χ2v) is 5.41. The number of hydrogen-bond donors (Lipinski definition) is 2. The van der Waals surface area contributed by atoms with Crippen molar-refractivity contribution in [3.63, 3.8) is 0 Å². The van der Waals surface area contributed by atoms with Crippen LogP contribution in [0.3, 0.4) is 0 Å². The zero-order valence-corrected chi connectivity index (χ0v) is 12.8. The molecule has 22 heavy (non-hydrogen) atoms. The van der Waals surface area contributed by atoms with Gasteiger partial charge in [0, 0.05) is 40.0 Å². The van der Waals surface area contributed by atoms with Crippen molar-refractivity contribution in [3.05, 3.63) is 53.6 Å². The Labute approximate surface area is 133 Å². The van der Waals surface area contributed by atoms with Crippen LogP contribution < -0.4 is 5.32 Å². The number of nitrogens with one attached hydrogen (secondary N) is 2. The van der Waals surface area contributed by atoms with Gasteiger partial charge in [-0.25, -0.2) is 0 Å². The fourth-order valence-electron chi connectivity index (χ4n) is 2.35. The SMILES string of the molecule is COCC(=O)Nc1cccc(-c2cc3cc(Cl)ccc3[nH]2)c1. The molecule has 0 aliphatic rings. The molecule has 1 amide bonds. The molecule has 0 bridgehead atoms. The van der Waals surface area contributed by atoms with Crippen molar-refractivity contribution in [2.45, 2.75) is 0 Å². The minimum atomic E-state index is -0.178. The van der Waals surface area contributed by atoms with E-state index in [1.165, 1.54) is 7.11 Å². The number of aromatic nitrogens is 1. The van der Waals surface area contributed by atoms with Gasteiger partial charge in [-0.3, -0.25) is 4.79 Å². The Morgan fingerprint density at radius 1 is 1.23 bits per heavy atom. The molecule has 5 heteroatoms. The van der Waals surface area contributed by atoms with Crippen molar-refractivity contribution < 1.29 is 9.53 Å². The van der Waals surface area contributed by atoms with Gasteiger partial charge in [-0.15, -0.1) is 0 Å². The Morgan fingerprint density at radius 2 is 2.09 bits per heavy atom. The monoisotopic (exact) mass is 314 g/mol. The number of carbonyl (C=O) groups excluding carboxylic acids is 1. The quantitative estimate of drug-likeness (QED) is 0.762. The minimum Gasteiger partial charge on any atom is -0.375 e. The molecule has 0 unspecified atom stereocenters. The largest absolute Gasteiger partial charge is 0.375 e. The van der Waals surface area contributed by atoms with Crippen LogP contribution in [-0.4, -0.2) is 24.6 Å². The highest BCUT2D eigenvalue weighted by atomic mass is 35.5. The summed E-state index contributed by atoms with van der Waals surface area (Å²) in [6, 6.07) is 15.4. The molecule has 0 fully saturated rings. The predicted octanol–water partition coefficient (Wildman–Crippen LogP) is 4.07. The molecule has 0 atom stereocenters. The summed E-state index contributed by atoms with van der Waals surface area (Å²) in [5, 5.41) is 4.56. The highest BCUT2D eigenvalue weighted by molar-refractivity contribution is 6.31. The Morgan fingerprint density at radius 3 is 2.91 bits per heavy atom. The lowest BCUT2D eigenvalue weighted by Crippen LogP contribution is -2.16. The Balaban J connectivity index is 1.91. The number of aromatic amines is 1. The smallest absolute Gasteiger partial charge is 0.250 e. The summed E-state index contributed by atoms with van der Waals surface area (Å²) in [4.78, 5) is 14.9. The summed E-state index contributed by atoms with van der Waals surface area (Å²) < 4.78 is 4.81. The Hall–Kier alpha value is -2.30. The third kappa shape index (κ3) is 3.13. The van der Waals surface area contributed by atoms with Crippen molar-refractivity contribution in [1.82, 2.24) is 4.98 Å². The average molecular weight is 315 g/mol. The van der Waals surface area contributed by atoms with E-state index in [4.69, 9.17) is 16.3 Å². The number of carbonyl (C=O) groups is 1. The summed E-state index contributed by atoms with van der Waals surface area (Å²) in [7, 11) is 1.49. The highest BCUT2D eigenvalue weighted by Crippen LogP contribution is 2.27. The standard InChI is InChI=1S/C17H15ClN2O2/c1-22-10-17(21)19-14-4-2-3-11(8-14)16-9-12-7-13(18)5-6-15(12)20-16/h2-9,20H,10H2,1H3,(H,19,21). The number of hydrogen-bond acceptors (Lipinski definition) is 2. The molecule has 0 aliphatic heterocycles. The van der Waals surface area contributed by atoms with Gasteiger partial charge in [0.05, 0.1) is 0 Å². The number of benzene rings is 2. The average Bonchev–Trinajstić information content (AvgIpc) is 2.90. The zero-order chi connectivity index (χ0) is 15.5.